The molecule has 0 aromatic carbocycles. The van der Waals surface area contributed by atoms with Crippen molar-refractivity contribution in [1.82, 2.24) is 19.4 Å². The van der Waals surface area contributed by atoms with Crippen molar-refractivity contribution in [3.8, 4) is 17.6 Å². The zero-order valence-electron chi connectivity index (χ0n) is 16.0. The van der Waals surface area contributed by atoms with E-state index in [0.717, 1.165) is 36.4 Å². The maximum Gasteiger partial charge on any atom is 0.180 e. The van der Waals surface area contributed by atoms with E-state index in [9.17, 15) is 10.4 Å². The highest BCUT2D eigenvalue weighted by Crippen LogP contribution is 2.56. The van der Waals surface area contributed by atoms with Crippen molar-refractivity contribution in [3.63, 3.8) is 0 Å². The second kappa shape index (κ2) is 6.01. The van der Waals surface area contributed by atoms with Gasteiger partial charge >= 0.3 is 0 Å². The predicted molar refractivity (Wildman–Crippen MR) is 107 cm³/mol. The van der Waals surface area contributed by atoms with Crippen molar-refractivity contribution in [2.24, 2.45) is 17.8 Å². The van der Waals surface area contributed by atoms with Gasteiger partial charge < -0.3 is 10.4 Å². The number of rotatable bonds is 3. The van der Waals surface area contributed by atoms with E-state index >= 15 is 0 Å². The largest absolute Gasteiger partial charge is 0.390 e. The van der Waals surface area contributed by atoms with Gasteiger partial charge in [-0.05, 0) is 68.1 Å². The van der Waals surface area contributed by atoms with E-state index in [0.29, 0.717) is 35.2 Å². The van der Waals surface area contributed by atoms with Crippen molar-refractivity contribution in [2.75, 3.05) is 5.32 Å². The molecule has 0 spiro atoms. The van der Waals surface area contributed by atoms with Crippen LogP contribution in [-0.2, 0) is 0 Å². The zero-order valence-corrected chi connectivity index (χ0v) is 16.0. The SMILES string of the molecule is N#Cc1ccc2ncc(-c3nccc(NC4C5CC6CC4CC(O)(C6)C5)n3)n2c1. The van der Waals surface area contributed by atoms with Gasteiger partial charge in [0.25, 0.3) is 0 Å². The Balaban J connectivity index is 1.31. The highest BCUT2D eigenvalue weighted by Gasteiger charge is 2.54. The molecule has 3 aromatic rings. The van der Waals surface area contributed by atoms with E-state index in [1.807, 2.05) is 16.5 Å². The summed E-state index contributed by atoms with van der Waals surface area (Å²) in [5, 5.41) is 23.7. The van der Waals surface area contributed by atoms with E-state index in [4.69, 9.17) is 4.98 Å². The molecule has 0 saturated heterocycles. The molecule has 7 rings (SSSR count). The second-order valence-corrected chi connectivity index (χ2v) is 9.03. The third kappa shape index (κ3) is 2.70. The first-order valence-corrected chi connectivity index (χ1v) is 10.3. The molecule has 2 unspecified atom stereocenters. The van der Waals surface area contributed by atoms with Crippen LogP contribution in [0.1, 0.15) is 37.7 Å². The van der Waals surface area contributed by atoms with Gasteiger partial charge in [0.05, 0.1) is 17.4 Å². The van der Waals surface area contributed by atoms with Crippen molar-refractivity contribution in [1.29, 1.82) is 5.26 Å². The molecule has 4 saturated carbocycles. The van der Waals surface area contributed by atoms with E-state index in [-0.39, 0.29) is 0 Å². The van der Waals surface area contributed by atoms with Gasteiger partial charge in [0.1, 0.15) is 23.2 Å². The van der Waals surface area contributed by atoms with Crippen LogP contribution in [0.4, 0.5) is 5.82 Å². The Morgan fingerprint density at radius 2 is 1.97 bits per heavy atom. The monoisotopic (exact) mass is 386 g/mol. The maximum atomic E-state index is 10.8. The van der Waals surface area contributed by atoms with Gasteiger partial charge in [-0.25, -0.2) is 15.0 Å². The van der Waals surface area contributed by atoms with Crippen molar-refractivity contribution in [2.45, 2.75) is 43.7 Å². The lowest BCUT2D eigenvalue weighted by Gasteiger charge is -2.58. The van der Waals surface area contributed by atoms with E-state index in [1.165, 1.54) is 12.8 Å². The fraction of sp³-hybridized carbons (Fsp3) is 0.455. The number of imidazole rings is 1. The highest BCUT2D eigenvalue weighted by molar-refractivity contribution is 5.59. The van der Waals surface area contributed by atoms with Gasteiger partial charge in [-0.3, -0.25) is 4.40 Å². The Morgan fingerprint density at radius 3 is 2.72 bits per heavy atom. The first-order chi connectivity index (χ1) is 14.1. The molecular formula is C22H22N6O. The average molecular weight is 386 g/mol. The first kappa shape index (κ1) is 16.9. The Morgan fingerprint density at radius 1 is 1.14 bits per heavy atom. The topological polar surface area (TPSA) is 99.1 Å². The Hall–Kier alpha value is -2.98. The molecule has 4 aliphatic rings. The van der Waals surface area contributed by atoms with Crippen molar-refractivity contribution >= 4 is 11.5 Å². The maximum absolute atomic E-state index is 10.8. The number of aliphatic hydroxyl groups is 1. The minimum absolute atomic E-state index is 0.363. The molecule has 0 radical (unpaired) electrons. The molecule has 4 aliphatic carbocycles. The summed E-state index contributed by atoms with van der Waals surface area (Å²) in [5.74, 6) is 3.10. The second-order valence-electron chi connectivity index (χ2n) is 9.03. The molecule has 4 bridgehead atoms. The van der Waals surface area contributed by atoms with Gasteiger partial charge in [-0.15, -0.1) is 0 Å². The highest BCUT2D eigenvalue weighted by atomic mass is 16.3. The lowest BCUT2D eigenvalue weighted by atomic mass is 9.52. The van der Waals surface area contributed by atoms with Crippen LogP contribution in [-0.4, -0.2) is 36.1 Å². The van der Waals surface area contributed by atoms with Gasteiger partial charge in [0, 0.05) is 18.4 Å². The zero-order chi connectivity index (χ0) is 19.6. The summed E-state index contributed by atoms with van der Waals surface area (Å²) < 4.78 is 1.86. The number of pyridine rings is 1. The Labute approximate surface area is 168 Å². The van der Waals surface area contributed by atoms with Crippen LogP contribution in [0.25, 0.3) is 17.2 Å². The number of nitriles is 1. The summed E-state index contributed by atoms with van der Waals surface area (Å²) in [6, 6.07) is 8.01. The number of hydrogen-bond donors (Lipinski definition) is 2. The summed E-state index contributed by atoms with van der Waals surface area (Å²) in [4.78, 5) is 13.6. The number of nitrogens with one attached hydrogen (secondary N) is 1. The fourth-order valence-electron chi connectivity index (χ4n) is 6.16. The molecule has 7 nitrogen and oxygen atoms in total. The van der Waals surface area contributed by atoms with Crippen LogP contribution >= 0.6 is 0 Å². The summed E-state index contributed by atoms with van der Waals surface area (Å²) in [7, 11) is 0. The van der Waals surface area contributed by atoms with Crippen molar-refractivity contribution < 1.29 is 5.11 Å². The van der Waals surface area contributed by atoms with Crippen LogP contribution in [0.3, 0.4) is 0 Å². The van der Waals surface area contributed by atoms with Crippen LogP contribution in [0.5, 0.6) is 0 Å². The molecule has 29 heavy (non-hydrogen) atoms. The summed E-state index contributed by atoms with van der Waals surface area (Å²) in [5.41, 5.74) is 1.66. The van der Waals surface area contributed by atoms with Crippen LogP contribution in [0.15, 0.2) is 36.8 Å². The van der Waals surface area contributed by atoms with E-state index in [1.54, 1.807) is 24.7 Å². The number of aromatic nitrogens is 4. The van der Waals surface area contributed by atoms with Gasteiger partial charge in [-0.2, -0.15) is 5.26 Å². The minimum atomic E-state index is -0.430. The normalized spacial score (nSPS) is 32.4. The molecule has 2 N–H and O–H groups in total. The smallest absolute Gasteiger partial charge is 0.180 e. The molecule has 146 valence electrons. The van der Waals surface area contributed by atoms with Gasteiger partial charge in [0.2, 0.25) is 0 Å². The van der Waals surface area contributed by atoms with Crippen molar-refractivity contribution in [3.05, 3.63) is 42.4 Å². The standard InChI is InChI=1S/C22H22N6O/c23-10-13-1-2-19-25-11-17(28(19)12-13)21-24-4-3-18(27-21)26-20-15-5-14-6-16(20)9-22(29,7-14)8-15/h1-4,11-12,14-16,20,29H,5-9H2,(H,24,26,27). The van der Waals surface area contributed by atoms with Crippen LogP contribution < -0.4 is 5.32 Å². The summed E-state index contributed by atoms with van der Waals surface area (Å²) >= 11 is 0. The fourth-order valence-corrected chi connectivity index (χ4v) is 6.16. The minimum Gasteiger partial charge on any atom is -0.390 e. The molecule has 4 fully saturated rings. The number of hydrogen-bond acceptors (Lipinski definition) is 6. The third-order valence-electron chi connectivity index (χ3n) is 7.07. The summed E-state index contributed by atoms with van der Waals surface area (Å²) in [6.45, 7) is 0. The lowest BCUT2D eigenvalue weighted by Crippen LogP contribution is -2.59. The van der Waals surface area contributed by atoms with Gasteiger partial charge in [-0.1, -0.05) is 0 Å². The molecule has 0 amide bonds. The van der Waals surface area contributed by atoms with Gasteiger partial charge in [0.15, 0.2) is 5.82 Å². The summed E-state index contributed by atoms with van der Waals surface area (Å²) in [6.07, 6.45) is 10.5. The average Bonchev–Trinajstić information content (AvgIpc) is 3.13. The van der Waals surface area contributed by atoms with Crippen LogP contribution in [0.2, 0.25) is 0 Å². The lowest BCUT2D eigenvalue weighted by molar-refractivity contribution is -0.129. The number of anilines is 1. The molecule has 3 aromatic heterocycles. The third-order valence-corrected chi connectivity index (χ3v) is 7.07. The number of nitrogens with zero attached hydrogens (tertiary/aromatic N) is 5. The predicted octanol–water partition coefficient (Wildman–Crippen LogP) is 3.01. The molecule has 7 heteroatoms. The van der Waals surface area contributed by atoms with Crippen LogP contribution in [0, 0.1) is 29.1 Å². The number of fused-ring (bicyclic) bond motifs is 1. The van der Waals surface area contributed by atoms with E-state index in [2.05, 4.69) is 21.4 Å². The Bertz CT molecular complexity index is 1130. The molecular weight excluding hydrogens is 364 g/mol. The van der Waals surface area contributed by atoms with E-state index < -0.39 is 5.60 Å². The quantitative estimate of drug-likeness (QED) is 0.718. The Kier molecular flexibility index (Phi) is 3.51. The molecule has 0 aliphatic heterocycles. The molecule has 2 atom stereocenters. The molecule has 3 heterocycles. The first-order valence-electron chi connectivity index (χ1n) is 10.3.